The Morgan fingerprint density at radius 2 is 1.57 bits per heavy atom. The molecule has 15 heteroatoms. The molecule has 224 valence electrons. The van der Waals surface area contributed by atoms with Crippen LogP contribution in [0.5, 0.6) is 0 Å². The third kappa shape index (κ3) is 10.7. The lowest BCUT2D eigenvalue weighted by molar-refractivity contribution is -0.172. The number of benzene rings is 2. The minimum Gasteiger partial charge on any atom is -0.350 e. The summed E-state index contributed by atoms with van der Waals surface area (Å²) in [6.07, 6.45) is 3.48. The number of fused-ring (bicyclic) bond motifs is 6. The molecule has 0 saturated carbocycles. The first kappa shape index (κ1) is 34.7. The van der Waals surface area contributed by atoms with E-state index in [9.17, 15) is 18.8 Å². The van der Waals surface area contributed by atoms with Crippen molar-refractivity contribution in [1.82, 2.24) is 25.9 Å². The van der Waals surface area contributed by atoms with Crippen molar-refractivity contribution < 1.29 is 38.3 Å². The van der Waals surface area contributed by atoms with Gasteiger partial charge in [0, 0.05) is 29.5 Å². The van der Waals surface area contributed by atoms with Gasteiger partial charge in [-0.15, -0.1) is 4.39 Å². The first-order valence-electron chi connectivity index (χ1n) is 12.1. The average Bonchev–Trinajstić information content (AvgIpc) is 2.94. The van der Waals surface area contributed by atoms with Crippen LogP contribution in [0.25, 0.3) is 0 Å². The Balaban J connectivity index is 0.00000116. The predicted molar refractivity (Wildman–Crippen MR) is 150 cm³/mol. The SMILES string of the molecule is CC(C)C1NC(=O)c2cccc(c2)Nc2cc(ncn2)Nc2cccc(c2)CNC(=O)CNC1=O.F.F.OOC#CF. The van der Waals surface area contributed by atoms with Crippen molar-refractivity contribution in [3.05, 3.63) is 72.1 Å². The quantitative estimate of drug-likeness (QED) is 0.142. The minimum atomic E-state index is -0.801. The smallest absolute Gasteiger partial charge is 0.252 e. The fourth-order valence-electron chi connectivity index (χ4n) is 3.60. The van der Waals surface area contributed by atoms with E-state index in [1.807, 2.05) is 44.2 Å². The first-order chi connectivity index (χ1) is 19.3. The van der Waals surface area contributed by atoms with Gasteiger partial charge in [-0.05, 0) is 41.8 Å². The Morgan fingerprint density at radius 3 is 2.17 bits per heavy atom. The fourth-order valence-corrected chi connectivity index (χ4v) is 3.60. The third-order valence-electron chi connectivity index (χ3n) is 5.50. The number of nitrogens with one attached hydrogen (secondary N) is 5. The molecule has 2 heterocycles. The van der Waals surface area contributed by atoms with Crippen molar-refractivity contribution in [3.8, 4) is 12.3 Å². The van der Waals surface area contributed by atoms with Gasteiger partial charge in [-0.1, -0.05) is 32.0 Å². The van der Waals surface area contributed by atoms with E-state index in [0.29, 0.717) is 29.4 Å². The lowest BCUT2D eigenvalue weighted by Gasteiger charge is -2.22. The highest BCUT2D eigenvalue weighted by Gasteiger charge is 2.25. The van der Waals surface area contributed by atoms with E-state index < -0.39 is 17.9 Å². The van der Waals surface area contributed by atoms with Crippen LogP contribution in [0.4, 0.5) is 36.8 Å². The predicted octanol–water partition coefficient (Wildman–Crippen LogP) is 3.13. The van der Waals surface area contributed by atoms with Gasteiger partial charge in [0.1, 0.15) is 24.0 Å². The second-order valence-electron chi connectivity index (χ2n) is 8.80. The second-order valence-corrected chi connectivity index (χ2v) is 8.80. The Bertz CT molecular complexity index is 1420. The van der Waals surface area contributed by atoms with Crippen LogP contribution in [0.2, 0.25) is 0 Å². The number of carbonyl (C=O) groups is 3. The van der Waals surface area contributed by atoms with Crippen molar-refractivity contribution in [2.24, 2.45) is 5.92 Å². The molecule has 1 aromatic heterocycles. The highest BCUT2D eigenvalue weighted by molar-refractivity contribution is 5.99. The summed E-state index contributed by atoms with van der Waals surface area (Å²) >= 11 is 0. The molecule has 3 amide bonds. The Kier molecular flexibility index (Phi) is 14.3. The molecule has 2 aromatic carbocycles. The second kappa shape index (κ2) is 17.4. The molecule has 6 N–H and O–H groups in total. The summed E-state index contributed by atoms with van der Waals surface area (Å²) in [5.74, 6) is -0.224. The molecule has 1 aliphatic rings. The van der Waals surface area contributed by atoms with Gasteiger partial charge >= 0.3 is 0 Å². The molecule has 4 rings (SSSR count). The highest BCUT2D eigenvalue weighted by Crippen LogP contribution is 2.21. The Labute approximate surface area is 239 Å². The van der Waals surface area contributed by atoms with Crippen LogP contribution in [-0.4, -0.2) is 45.5 Å². The van der Waals surface area contributed by atoms with Gasteiger partial charge in [-0.2, -0.15) is 5.26 Å². The van der Waals surface area contributed by atoms with E-state index in [-0.39, 0.29) is 27.8 Å². The normalized spacial score (nSPS) is 14.5. The summed E-state index contributed by atoms with van der Waals surface area (Å²) in [5, 5.41) is 21.7. The zero-order chi connectivity index (χ0) is 28.9. The number of rotatable bonds is 1. The van der Waals surface area contributed by atoms with Gasteiger partial charge in [0.25, 0.3) is 5.91 Å². The van der Waals surface area contributed by atoms with E-state index in [2.05, 4.69) is 41.4 Å². The lowest BCUT2D eigenvalue weighted by atomic mass is 10.0. The highest BCUT2D eigenvalue weighted by atomic mass is 19.1. The third-order valence-corrected chi connectivity index (χ3v) is 5.50. The number of amides is 3. The first-order valence-corrected chi connectivity index (χ1v) is 12.1. The van der Waals surface area contributed by atoms with Gasteiger partial charge in [0.05, 0.1) is 6.54 Å². The standard InChI is InChI=1S/C25H27N7O3.C2HFO2.2FH/c1-15(2)23-25(35)27-13-22(33)26-12-16-5-3-7-18(9-16)30-20-11-21(29-14-28-20)31-19-8-4-6-17(10-19)24(34)32-23;3-1-2-5-4;;/h3-11,14-15,23H,12-13H2,1-2H3,(H,26,33)(H,27,35)(H,32,34)(H2,28,29,30,31);4H;2*1H. The average molecular weight is 590 g/mol. The molecule has 0 radical (unpaired) electrons. The summed E-state index contributed by atoms with van der Waals surface area (Å²) in [6.45, 7) is 3.75. The molecule has 0 fully saturated rings. The molecule has 0 aliphatic carbocycles. The molecule has 12 nitrogen and oxygen atoms in total. The molecule has 3 aromatic rings. The number of nitrogens with zero attached hydrogens (tertiary/aromatic N) is 2. The summed E-state index contributed by atoms with van der Waals surface area (Å²) in [4.78, 5) is 49.5. The summed E-state index contributed by atoms with van der Waals surface area (Å²) in [7, 11) is 0. The lowest BCUT2D eigenvalue weighted by Crippen LogP contribution is -2.51. The molecule has 0 spiro atoms. The number of carbonyl (C=O) groups excluding carboxylic acids is 3. The van der Waals surface area contributed by atoms with Crippen LogP contribution in [0.3, 0.4) is 0 Å². The van der Waals surface area contributed by atoms with Crippen molar-refractivity contribution >= 4 is 40.7 Å². The summed E-state index contributed by atoms with van der Waals surface area (Å²) in [6, 6.07) is 15.4. The Morgan fingerprint density at radius 1 is 0.929 bits per heavy atom. The van der Waals surface area contributed by atoms with Gasteiger partial charge in [0.2, 0.25) is 11.8 Å². The zero-order valence-electron chi connectivity index (χ0n) is 22.5. The summed E-state index contributed by atoms with van der Waals surface area (Å²) < 4.78 is 10.3. The van der Waals surface area contributed by atoms with Crippen LogP contribution >= 0.6 is 0 Å². The van der Waals surface area contributed by atoms with E-state index in [0.717, 1.165) is 17.4 Å². The van der Waals surface area contributed by atoms with Gasteiger partial charge < -0.3 is 26.6 Å². The largest absolute Gasteiger partial charge is 0.350 e. The molecular weight excluding hydrogens is 559 g/mol. The van der Waals surface area contributed by atoms with Gasteiger partial charge in [-0.25, -0.2) is 9.97 Å². The maximum absolute atomic E-state index is 12.9. The monoisotopic (exact) mass is 589 g/mol. The maximum Gasteiger partial charge on any atom is 0.252 e. The van der Waals surface area contributed by atoms with Crippen molar-refractivity contribution in [2.45, 2.75) is 26.4 Å². The van der Waals surface area contributed by atoms with Crippen LogP contribution < -0.4 is 26.6 Å². The van der Waals surface area contributed by atoms with Crippen molar-refractivity contribution in [1.29, 1.82) is 0 Å². The van der Waals surface area contributed by atoms with Crippen LogP contribution in [-0.2, 0) is 21.0 Å². The number of aromatic nitrogens is 2. The Hall–Kier alpha value is -5.36. The van der Waals surface area contributed by atoms with Crippen LogP contribution in [0.1, 0.15) is 29.8 Å². The molecule has 0 saturated heterocycles. The van der Waals surface area contributed by atoms with Crippen LogP contribution in [0.15, 0.2) is 60.9 Å². The molecule has 1 aliphatic heterocycles. The van der Waals surface area contributed by atoms with E-state index in [4.69, 9.17) is 5.26 Å². The molecule has 42 heavy (non-hydrogen) atoms. The number of hydrogen-bond donors (Lipinski definition) is 6. The fraction of sp³-hybridized carbons (Fsp3) is 0.222. The number of hydrogen-bond acceptors (Lipinski definition) is 9. The molecule has 1 unspecified atom stereocenters. The number of halogens is 3. The summed E-state index contributed by atoms with van der Waals surface area (Å²) in [5.41, 5.74) is 2.70. The van der Waals surface area contributed by atoms with E-state index in [1.165, 1.54) is 12.4 Å². The minimum absolute atomic E-state index is 0. The van der Waals surface area contributed by atoms with E-state index >= 15 is 0 Å². The number of anilines is 4. The van der Waals surface area contributed by atoms with Crippen LogP contribution in [0, 0.1) is 18.2 Å². The van der Waals surface area contributed by atoms with Crippen molar-refractivity contribution in [2.75, 3.05) is 17.2 Å². The van der Waals surface area contributed by atoms with E-state index in [1.54, 1.807) is 24.3 Å². The van der Waals surface area contributed by atoms with Crippen molar-refractivity contribution in [3.63, 3.8) is 0 Å². The molecular formula is C27H30F3N7O5. The van der Waals surface area contributed by atoms with Gasteiger partial charge in [0.15, 0.2) is 12.3 Å². The molecule has 1 atom stereocenters. The zero-order valence-corrected chi connectivity index (χ0v) is 22.5. The van der Waals surface area contributed by atoms with Gasteiger partial charge in [-0.3, -0.25) is 28.7 Å². The topological polar surface area (TPSA) is 167 Å². The molecule has 6 bridgehead atoms. The maximum atomic E-state index is 12.9.